The van der Waals surface area contributed by atoms with Crippen LogP contribution in [0.3, 0.4) is 0 Å². The van der Waals surface area contributed by atoms with Crippen molar-refractivity contribution in [3.8, 4) is 0 Å². The highest BCUT2D eigenvalue weighted by atomic mass is 79.9. The molecule has 0 atom stereocenters. The van der Waals surface area contributed by atoms with Crippen molar-refractivity contribution in [3.05, 3.63) is 32.8 Å². The van der Waals surface area contributed by atoms with Gasteiger partial charge in [-0.05, 0) is 24.1 Å². The third-order valence-electron chi connectivity index (χ3n) is 2.09. The summed E-state index contributed by atoms with van der Waals surface area (Å²) in [4.78, 5) is 11.4. The number of carbonyl (C=O) groups excluding carboxylic acids is 1. The molecule has 0 bridgehead atoms. The lowest BCUT2D eigenvalue weighted by atomic mass is 10.0. The number of halogens is 2. The van der Waals surface area contributed by atoms with Gasteiger partial charge in [0.15, 0.2) is 0 Å². The normalized spacial score (nSPS) is 15.1. The van der Waals surface area contributed by atoms with E-state index in [-0.39, 0.29) is 5.91 Å². The molecule has 0 fully saturated rings. The first kappa shape index (κ1) is 9.03. The minimum Gasteiger partial charge on any atom is -0.352 e. The van der Waals surface area contributed by atoms with E-state index in [0.717, 1.165) is 16.5 Å². The van der Waals surface area contributed by atoms with Crippen LogP contribution in [0.4, 0.5) is 0 Å². The van der Waals surface area contributed by atoms with Gasteiger partial charge in [-0.1, -0.05) is 27.5 Å². The topological polar surface area (TPSA) is 29.1 Å². The van der Waals surface area contributed by atoms with Gasteiger partial charge in [-0.25, -0.2) is 0 Å². The van der Waals surface area contributed by atoms with Gasteiger partial charge < -0.3 is 5.32 Å². The Balaban J connectivity index is 2.67. The molecule has 1 aromatic rings. The molecule has 2 rings (SSSR count). The zero-order chi connectivity index (χ0) is 9.42. The molecule has 1 amide bonds. The molecule has 1 N–H and O–H groups in total. The minimum absolute atomic E-state index is 0.0763. The van der Waals surface area contributed by atoms with Gasteiger partial charge in [0.2, 0.25) is 0 Å². The van der Waals surface area contributed by atoms with E-state index in [1.807, 2.05) is 6.07 Å². The fraction of sp³-hybridized carbons (Fsp3) is 0.222. The Hall–Kier alpha value is -0.540. The van der Waals surface area contributed by atoms with Crippen LogP contribution in [0.15, 0.2) is 16.6 Å². The van der Waals surface area contributed by atoms with E-state index in [2.05, 4.69) is 21.2 Å². The van der Waals surface area contributed by atoms with Gasteiger partial charge in [0.25, 0.3) is 5.91 Å². The van der Waals surface area contributed by atoms with Gasteiger partial charge in [-0.2, -0.15) is 0 Å². The van der Waals surface area contributed by atoms with Gasteiger partial charge >= 0.3 is 0 Å². The summed E-state index contributed by atoms with van der Waals surface area (Å²) in [5.74, 6) is -0.0763. The van der Waals surface area contributed by atoms with Crippen LogP contribution in [0.2, 0.25) is 5.02 Å². The molecule has 0 aromatic heterocycles. The number of benzene rings is 1. The Bertz CT molecular complexity index is 378. The van der Waals surface area contributed by atoms with Crippen LogP contribution in [-0.4, -0.2) is 12.5 Å². The SMILES string of the molecule is O=C1NCCc2c(Br)ccc(Cl)c21. The van der Waals surface area contributed by atoms with Crippen LogP contribution in [0.1, 0.15) is 15.9 Å². The molecule has 13 heavy (non-hydrogen) atoms. The highest BCUT2D eigenvalue weighted by Gasteiger charge is 2.21. The second-order valence-electron chi connectivity index (χ2n) is 2.89. The summed E-state index contributed by atoms with van der Waals surface area (Å²) >= 11 is 9.33. The van der Waals surface area contributed by atoms with Crippen LogP contribution < -0.4 is 5.32 Å². The maximum Gasteiger partial charge on any atom is 0.253 e. The largest absolute Gasteiger partial charge is 0.352 e. The predicted octanol–water partition coefficient (Wildman–Crippen LogP) is 2.39. The molecule has 0 aliphatic carbocycles. The zero-order valence-corrected chi connectivity index (χ0v) is 9.08. The van der Waals surface area contributed by atoms with Crippen molar-refractivity contribution >= 4 is 33.4 Å². The van der Waals surface area contributed by atoms with Crippen LogP contribution in [0.5, 0.6) is 0 Å². The summed E-state index contributed by atoms with van der Waals surface area (Å²) < 4.78 is 0.960. The molecule has 0 saturated carbocycles. The molecule has 1 heterocycles. The highest BCUT2D eigenvalue weighted by Crippen LogP contribution is 2.29. The van der Waals surface area contributed by atoms with Gasteiger partial charge in [0.05, 0.1) is 10.6 Å². The lowest BCUT2D eigenvalue weighted by Gasteiger charge is -2.18. The first-order valence-corrected chi connectivity index (χ1v) is 5.12. The fourth-order valence-corrected chi connectivity index (χ4v) is 2.26. The summed E-state index contributed by atoms with van der Waals surface area (Å²) in [6, 6.07) is 3.61. The Kier molecular flexibility index (Phi) is 2.30. The molecule has 0 unspecified atom stereocenters. The number of hydrogen-bond acceptors (Lipinski definition) is 1. The molecule has 68 valence electrons. The lowest BCUT2D eigenvalue weighted by Crippen LogP contribution is -2.32. The number of fused-ring (bicyclic) bond motifs is 1. The van der Waals surface area contributed by atoms with Crippen molar-refractivity contribution in [2.45, 2.75) is 6.42 Å². The average Bonchev–Trinajstić information content (AvgIpc) is 2.12. The Morgan fingerprint density at radius 2 is 2.23 bits per heavy atom. The molecule has 0 spiro atoms. The Labute approximate surface area is 89.4 Å². The second-order valence-corrected chi connectivity index (χ2v) is 4.15. The van der Waals surface area contributed by atoms with Crippen LogP contribution in [-0.2, 0) is 6.42 Å². The van der Waals surface area contributed by atoms with Crippen molar-refractivity contribution < 1.29 is 4.79 Å². The van der Waals surface area contributed by atoms with Crippen molar-refractivity contribution in [3.63, 3.8) is 0 Å². The molecule has 1 aliphatic heterocycles. The number of rotatable bonds is 0. The highest BCUT2D eigenvalue weighted by molar-refractivity contribution is 9.10. The number of carbonyl (C=O) groups is 1. The molecule has 0 saturated heterocycles. The van der Waals surface area contributed by atoms with Crippen molar-refractivity contribution in [1.82, 2.24) is 5.32 Å². The summed E-state index contributed by atoms with van der Waals surface area (Å²) in [7, 11) is 0. The number of hydrogen-bond donors (Lipinski definition) is 1. The maximum atomic E-state index is 11.4. The summed E-state index contributed by atoms with van der Waals surface area (Å²) in [6.45, 7) is 0.685. The number of amides is 1. The quantitative estimate of drug-likeness (QED) is 0.762. The van der Waals surface area contributed by atoms with E-state index in [1.165, 1.54) is 0 Å². The third-order valence-corrected chi connectivity index (χ3v) is 3.15. The van der Waals surface area contributed by atoms with Crippen LogP contribution in [0.25, 0.3) is 0 Å². The molecule has 1 aromatic carbocycles. The first-order valence-electron chi connectivity index (χ1n) is 3.95. The van der Waals surface area contributed by atoms with E-state index >= 15 is 0 Å². The van der Waals surface area contributed by atoms with Gasteiger partial charge in [-0.15, -0.1) is 0 Å². The Morgan fingerprint density at radius 3 is 2.92 bits per heavy atom. The molecular weight excluding hydrogens is 253 g/mol. The zero-order valence-electron chi connectivity index (χ0n) is 6.73. The summed E-state index contributed by atoms with van der Waals surface area (Å²) in [6.07, 6.45) is 0.836. The van der Waals surface area contributed by atoms with E-state index in [4.69, 9.17) is 11.6 Å². The van der Waals surface area contributed by atoms with E-state index in [9.17, 15) is 4.79 Å². The van der Waals surface area contributed by atoms with Crippen LogP contribution in [0, 0.1) is 0 Å². The summed E-state index contributed by atoms with van der Waals surface area (Å²) in [5.41, 5.74) is 1.62. The average molecular weight is 261 g/mol. The Morgan fingerprint density at radius 1 is 1.46 bits per heavy atom. The second kappa shape index (κ2) is 3.31. The smallest absolute Gasteiger partial charge is 0.253 e. The monoisotopic (exact) mass is 259 g/mol. The fourth-order valence-electron chi connectivity index (χ4n) is 1.47. The molecule has 2 nitrogen and oxygen atoms in total. The predicted molar refractivity (Wildman–Crippen MR) is 55.2 cm³/mol. The van der Waals surface area contributed by atoms with Gasteiger partial charge in [0, 0.05) is 11.0 Å². The maximum absolute atomic E-state index is 11.4. The van der Waals surface area contributed by atoms with E-state index < -0.39 is 0 Å². The van der Waals surface area contributed by atoms with Crippen LogP contribution >= 0.6 is 27.5 Å². The van der Waals surface area contributed by atoms with Crippen molar-refractivity contribution in [2.75, 3.05) is 6.54 Å². The number of nitrogens with one attached hydrogen (secondary N) is 1. The lowest BCUT2D eigenvalue weighted by molar-refractivity contribution is 0.0946. The van der Waals surface area contributed by atoms with Crippen molar-refractivity contribution in [2.24, 2.45) is 0 Å². The molecule has 0 radical (unpaired) electrons. The summed E-state index contributed by atoms with van der Waals surface area (Å²) in [5, 5.41) is 3.29. The molecular formula is C9H7BrClNO. The van der Waals surface area contributed by atoms with Gasteiger partial charge in [0.1, 0.15) is 0 Å². The molecule has 1 aliphatic rings. The van der Waals surface area contributed by atoms with E-state index in [1.54, 1.807) is 6.07 Å². The van der Waals surface area contributed by atoms with Crippen molar-refractivity contribution in [1.29, 1.82) is 0 Å². The van der Waals surface area contributed by atoms with E-state index in [0.29, 0.717) is 17.1 Å². The third kappa shape index (κ3) is 1.46. The van der Waals surface area contributed by atoms with Gasteiger partial charge in [-0.3, -0.25) is 4.79 Å². The molecule has 4 heteroatoms. The standard InChI is InChI=1S/C9H7BrClNO/c10-6-1-2-7(11)8-5(6)3-4-12-9(8)13/h1-2H,3-4H2,(H,12,13). The first-order chi connectivity index (χ1) is 6.20. The minimum atomic E-state index is -0.0763.